The summed E-state index contributed by atoms with van der Waals surface area (Å²) >= 11 is 0. The van der Waals surface area contributed by atoms with Crippen LogP contribution in [-0.2, 0) is 14.3 Å². The molecule has 5 rings (SSSR count). The minimum atomic E-state index is -0.565. The van der Waals surface area contributed by atoms with Crippen molar-refractivity contribution in [2.45, 2.75) is 58.1 Å². The summed E-state index contributed by atoms with van der Waals surface area (Å²) in [5, 5.41) is 16.2. The molecule has 1 aromatic rings. The molecule has 4 aliphatic rings. The van der Waals surface area contributed by atoms with Gasteiger partial charge in [-0.2, -0.15) is 10.2 Å². The van der Waals surface area contributed by atoms with Crippen molar-refractivity contribution in [3.63, 3.8) is 0 Å². The highest BCUT2D eigenvalue weighted by Crippen LogP contribution is 2.49. The second-order valence-corrected chi connectivity index (χ2v) is 11.9. The number of hydrazine groups is 1. The van der Waals surface area contributed by atoms with Crippen molar-refractivity contribution in [2.24, 2.45) is 16.1 Å². The molecule has 2 fully saturated rings. The Bertz CT molecular complexity index is 1290. The zero-order chi connectivity index (χ0) is 29.9. The quantitative estimate of drug-likeness (QED) is 0.416. The fraction of sp³-hybridized carbons (Fsp3) is 0.586. The van der Waals surface area contributed by atoms with Crippen LogP contribution in [0.15, 0.2) is 39.7 Å². The van der Waals surface area contributed by atoms with Crippen molar-refractivity contribution >= 4 is 29.5 Å². The molecule has 13 heteroatoms. The van der Waals surface area contributed by atoms with Crippen LogP contribution in [0.5, 0.6) is 0 Å². The monoisotopic (exact) mass is 581 g/mol. The third-order valence-electron chi connectivity index (χ3n) is 7.68. The predicted molar refractivity (Wildman–Crippen MR) is 153 cm³/mol. The smallest absolute Gasteiger partial charge is 0.407 e. The van der Waals surface area contributed by atoms with Crippen molar-refractivity contribution < 1.29 is 28.7 Å². The zero-order valence-corrected chi connectivity index (χ0v) is 24.4. The number of Topliss-reactive ketones (excluding diaryl/α,β-unsaturated/α-hetero) is 1. The predicted octanol–water partition coefficient (Wildman–Crippen LogP) is 3.56. The lowest BCUT2D eigenvalue weighted by atomic mass is 9.89. The molecule has 42 heavy (non-hydrogen) atoms. The number of anilines is 1. The van der Waals surface area contributed by atoms with E-state index >= 15 is 0 Å². The van der Waals surface area contributed by atoms with Gasteiger partial charge in [-0.05, 0) is 51.7 Å². The van der Waals surface area contributed by atoms with E-state index in [9.17, 15) is 19.2 Å². The van der Waals surface area contributed by atoms with Gasteiger partial charge in [0.15, 0.2) is 5.78 Å². The second-order valence-electron chi connectivity index (χ2n) is 11.9. The Kier molecular flexibility index (Phi) is 8.88. The number of azo groups is 1. The second kappa shape index (κ2) is 12.6. The van der Waals surface area contributed by atoms with Crippen molar-refractivity contribution in [1.29, 1.82) is 0 Å². The normalized spacial score (nSPS) is 20.8. The molecule has 3 N–H and O–H groups in total. The van der Waals surface area contributed by atoms with Gasteiger partial charge in [-0.15, -0.1) is 0 Å². The summed E-state index contributed by atoms with van der Waals surface area (Å²) in [7, 11) is 0. The highest BCUT2D eigenvalue weighted by atomic mass is 16.6. The maximum absolute atomic E-state index is 13.7. The van der Waals surface area contributed by atoms with Crippen LogP contribution >= 0.6 is 0 Å². The number of carbonyl (C=O) groups excluding carboxylic acids is 4. The standard InChI is InChI=1S/C29H39N7O6/c1-29(2,3)42-28(40)30-11-5-8-21(37)35-12-9-18(10-13-35)24-23-25(33-32-24)19-6-4-7-20(22(19)26(23)38)31-27(39)34-36-14-16-41-17-15-36/h4,6-7,18,25H,5,8-17H2,1-3H3,(H,30,40)(H2,31,34,39). The molecule has 13 nitrogen and oxygen atoms in total. The summed E-state index contributed by atoms with van der Waals surface area (Å²) in [6.07, 6.45) is 1.74. The van der Waals surface area contributed by atoms with Gasteiger partial charge in [0.05, 0.1) is 35.7 Å². The van der Waals surface area contributed by atoms with Crippen molar-refractivity contribution in [1.82, 2.24) is 20.7 Å². The average molecular weight is 582 g/mol. The van der Waals surface area contributed by atoms with Crippen LogP contribution in [0, 0.1) is 5.92 Å². The summed E-state index contributed by atoms with van der Waals surface area (Å²) in [6.45, 7) is 9.17. The molecule has 4 amide bonds. The van der Waals surface area contributed by atoms with E-state index in [1.54, 1.807) is 37.9 Å². The lowest BCUT2D eigenvalue weighted by Gasteiger charge is -2.32. The first-order valence-electron chi connectivity index (χ1n) is 14.6. The number of urea groups is 1. The Morgan fingerprint density at radius 1 is 1.10 bits per heavy atom. The average Bonchev–Trinajstić information content (AvgIpc) is 3.51. The van der Waals surface area contributed by atoms with Gasteiger partial charge < -0.3 is 25.0 Å². The first-order valence-corrected chi connectivity index (χ1v) is 14.6. The van der Waals surface area contributed by atoms with E-state index in [1.807, 2.05) is 11.0 Å². The summed E-state index contributed by atoms with van der Waals surface area (Å²) in [4.78, 5) is 52.7. The number of fused-ring (bicyclic) bond motifs is 3. The van der Waals surface area contributed by atoms with E-state index < -0.39 is 23.8 Å². The molecule has 1 unspecified atom stereocenters. The Balaban J connectivity index is 1.15. The van der Waals surface area contributed by atoms with Crippen LogP contribution in [0.4, 0.5) is 15.3 Å². The SMILES string of the molecule is CC(C)(C)OC(=O)NCCCC(=O)N1CCC(C2=C3C(=O)c4c(NC(=O)NN5CCOCC5)cccc4C3N=N2)CC1. The van der Waals surface area contributed by atoms with E-state index in [-0.39, 0.29) is 17.6 Å². The number of piperidine rings is 1. The Labute approximate surface area is 245 Å². The molecule has 0 radical (unpaired) electrons. The third kappa shape index (κ3) is 6.79. The van der Waals surface area contributed by atoms with E-state index in [0.717, 1.165) is 5.56 Å². The van der Waals surface area contributed by atoms with Gasteiger partial charge in [0.25, 0.3) is 0 Å². The fourth-order valence-corrected chi connectivity index (χ4v) is 5.70. The molecule has 0 bridgehead atoms. The van der Waals surface area contributed by atoms with E-state index in [4.69, 9.17) is 9.47 Å². The molecule has 0 saturated carbocycles. The minimum Gasteiger partial charge on any atom is -0.444 e. The Morgan fingerprint density at radius 3 is 2.55 bits per heavy atom. The van der Waals surface area contributed by atoms with Gasteiger partial charge >= 0.3 is 12.1 Å². The number of carbonyl (C=O) groups is 4. The van der Waals surface area contributed by atoms with Gasteiger partial charge in [-0.25, -0.2) is 14.6 Å². The number of hydrogen-bond acceptors (Lipinski definition) is 9. The number of amides is 4. The lowest BCUT2D eigenvalue weighted by Crippen LogP contribution is -2.49. The number of allylic oxidation sites excluding steroid dienone is 1. The van der Waals surface area contributed by atoms with Crippen molar-refractivity contribution in [2.75, 3.05) is 51.3 Å². The highest BCUT2D eigenvalue weighted by Gasteiger charge is 2.44. The van der Waals surface area contributed by atoms with Gasteiger partial charge in [-0.3, -0.25) is 15.0 Å². The maximum atomic E-state index is 13.7. The van der Waals surface area contributed by atoms with E-state index in [0.29, 0.717) is 94.1 Å². The van der Waals surface area contributed by atoms with Crippen LogP contribution in [0.3, 0.4) is 0 Å². The molecular formula is C29H39N7O6. The minimum absolute atomic E-state index is 0.0194. The first-order chi connectivity index (χ1) is 20.1. The molecule has 1 atom stereocenters. The highest BCUT2D eigenvalue weighted by molar-refractivity contribution is 6.19. The molecule has 226 valence electrons. The third-order valence-corrected chi connectivity index (χ3v) is 7.68. The summed E-state index contributed by atoms with van der Waals surface area (Å²) in [6, 6.07) is 4.50. The van der Waals surface area contributed by atoms with Crippen LogP contribution in [0.25, 0.3) is 0 Å². The number of nitrogens with one attached hydrogen (secondary N) is 3. The number of hydrogen-bond donors (Lipinski definition) is 3. The van der Waals surface area contributed by atoms with Gasteiger partial charge in [0, 0.05) is 45.1 Å². The Morgan fingerprint density at radius 2 is 1.83 bits per heavy atom. The fourth-order valence-electron chi connectivity index (χ4n) is 5.70. The van der Waals surface area contributed by atoms with Crippen molar-refractivity contribution in [3.05, 3.63) is 40.6 Å². The van der Waals surface area contributed by atoms with Crippen LogP contribution in [0.1, 0.15) is 68.4 Å². The summed E-state index contributed by atoms with van der Waals surface area (Å²) < 4.78 is 10.5. The summed E-state index contributed by atoms with van der Waals surface area (Å²) in [5.74, 6) is -0.0994. The molecule has 1 aliphatic carbocycles. The number of likely N-dealkylation sites (tertiary alicyclic amines) is 1. The van der Waals surface area contributed by atoms with Crippen LogP contribution in [0.2, 0.25) is 0 Å². The zero-order valence-electron chi connectivity index (χ0n) is 24.4. The number of morpholine rings is 1. The first kappa shape index (κ1) is 29.6. The number of benzene rings is 1. The summed E-state index contributed by atoms with van der Waals surface area (Å²) in [5.41, 5.74) is 5.15. The molecule has 1 aromatic carbocycles. The number of rotatable bonds is 7. The maximum Gasteiger partial charge on any atom is 0.407 e. The molecular weight excluding hydrogens is 542 g/mol. The number of ketones is 1. The number of alkyl carbamates (subject to hydrolysis) is 1. The van der Waals surface area contributed by atoms with Gasteiger partial charge in [0.2, 0.25) is 5.91 Å². The molecule has 3 heterocycles. The van der Waals surface area contributed by atoms with Crippen molar-refractivity contribution in [3.8, 4) is 0 Å². The largest absolute Gasteiger partial charge is 0.444 e. The number of nitrogens with zero attached hydrogens (tertiary/aromatic N) is 4. The molecule has 0 aromatic heterocycles. The molecule has 2 saturated heterocycles. The lowest BCUT2D eigenvalue weighted by molar-refractivity contribution is -0.132. The Hall–Kier alpha value is -3.84. The molecule has 0 spiro atoms. The van der Waals surface area contributed by atoms with E-state index in [1.165, 1.54) is 0 Å². The van der Waals surface area contributed by atoms with Crippen LogP contribution < -0.4 is 16.1 Å². The van der Waals surface area contributed by atoms with E-state index in [2.05, 4.69) is 26.3 Å². The van der Waals surface area contributed by atoms with Crippen LogP contribution in [-0.4, -0.2) is 85.3 Å². The van der Waals surface area contributed by atoms with Gasteiger partial charge in [-0.1, -0.05) is 12.1 Å². The number of ether oxygens (including phenoxy) is 2. The topological polar surface area (TPSA) is 154 Å². The van der Waals surface area contributed by atoms with Gasteiger partial charge in [0.1, 0.15) is 11.6 Å². The molecule has 3 aliphatic heterocycles.